The van der Waals surface area contributed by atoms with Crippen LogP contribution in [0, 0.1) is 5.82 Å². The van der Waals surface area contributed by atoms with Crippen molar-refractivity contribution in [2.75, 3.05) is 6.26 Å². The van der Waals surface area contributed by atoms with E-state index in [2.05, 4.69) is 4.98 Å². The fourth-order valence-electron chi connectivity index (χ4n) is 3.07. The van der Waals surface area contributed by atoms with Gasteiger partial charge in [0.2, 0.25) is 0 Å². The van der Waals surface area contributed by atoms with Gasteiger partial charge in [-0.2, -0.15) is 0 Å². The van der Waals surface area contributed by atoms with Crippen molar-refractivity contribution in [2.45, 2.75) is 37.2 Å². The molecule has 0 amide bonds. The van der Waals surface area contributed by atoms with Crippen molar-refractivity contribution in [2.24, 2.45) is 0 Å². The van der Waals surface area contributed by atoms with E-state index in [0.717, 1.165) is 24.3 Å². The molecular formula is C15H16FNO4S. The van der Waals surface area contributed by atoms with Crippen LogP contribution in [0.1, 0.15) is 37.1 Å². The Hall–Kier alpha value is -1.89. The summed E-state index contributed by atoms with van der Waals surface area (Å²) >= 11 is 0. The second-order valence-electron chi connectivity index (χ2n) is 5.61. The van der Waals surface area contributed by atoms with Gasteiger partial charge in [-0.1, -0.05) is 0 Å². The van der Waals surface area contributed by atoms with Crippen LogP contribution in [0.25, 0.3) is 10.9 Å². The number of carbonyl (C=O) groups is 1. The van der Waals surface area contributed by atoms with Gasteiger partial charge in [0.05, 0.1) is 16.1 Å². The molecule has 1 aromatic carbocycles. The molecule has 1 heterocycles. The molecule has 7 heteroatoms. The zero-order valence-corrected chi connectivity index (χ0v) is 13.1. The minimum Gasteiger partial charge on any atom is -0.456 e. The van der Waals surface area contributed by atoms with Crippen LogP contribution >= 0.6 is 0 Å². The fourth-order valence-corrected chi connectivity index (χ4v) is 3.93. The first-order valence-corrected chi connectivity index (χ1v) is 8.88. The molecule has 0 spiro atoms. The number of rotatable bonds is 2. The van der Waals surface area contributed by atoms with E-state index in [1.165, 1.54) is 13.0 Å². The Morgan fingerprint density at radius 3 is 2.77 bits per heavy atom. The van der Waals surface area contributed by atoms with Gasteiger partial charge in [-0.3, -0.25) is 4.79 Å². The van der Waals surface area contributed by atoms with E-state index >= 15 is 0 Å². The molecule has 0 saturated heterocycles. The van der Waals surface area contributed by atoms with Crippen LogP contribution in [-0.2, 0) is 25.8 Å². The van der Waals surface area contributed by atoms with Gasteiger partial charge in [0, 0.05) is 18.6 Å². The highest BCUT2D eigenvalue weighted by Gasteiger charge is 2.28. The van der Waals surface area contributed by atoms with E-state index in [0.29, 0.717) is 29.4 Å². The van der Waals surface area contributed by atoms with Crippen molar-refractivity contribution in [3.8, 4) is 0 Å². The summed E-state index contributed by atoms with van der Waals surface area (Å²) in [7, 11) is -3.57. The van der Waals surface area contributed by atoms with Crippen molar-refractivity contribution in [3.05, 3.63) is 29.2 Å². The van der Waals surface area contributed by atoms with E-state index in [4.69, 9.17) is 4.74 Å². The SMILES string of the molecule is CC(=O)OC1CCCc2c1[nH]c1c(S(C)(=O)=O)cc(F)cc21. The van der Waals surface area contributed by atoms with Crippen molar-refractivity contribution < 1.29 is 22.3 Å². The smallest absolute Gasteiger partial charge is 0.303 e. The predicted molar refractivity (Wildman–Crippen MR) is 78.8 cm³/mol. The number of aromatic amines is 1. The number of aromatic nitrogens is 1. The average Bonchev–Trinajstić information content (AvgIpc) is 2.76. The highest BCUT2D eigenvalue weighted by atomic mass is 32.2. The minimum absolute atomic E-state index is 0.0709. The van der Waals surface area contributed by atoms with E-state index in [1.807, 2.05) is 0 Å². The molecule has 1 aromatic heterocycles. The van der Waals surface area contributed by atoms with Gasteiger partial charge in [-0.25, -0.2) is 12.8 Å². The molecule has 3 rings (SSSR count). The Morgan fingerprint density at radius 1 is 1.41 bits per heavy atom. The molecule has 1 aliphatic carbocycles. The monoisotopic (exact) mass is 325 g/mol. The average molecular weight is 325 g/mol. The first-order valence-electron chi connectivity index (χ1n) is 6.98. The lowest BCUT2D eigenvalue weighted by Crippen LogP contribution is -2.14. The Bertz CT molecular complexity index is 869. The van der Waals surface area contributed by atoms with Crippen LogP contribution in [0.4, 0.5) is 4.39 Å². The van der Waals surface area contributed by atoms with Crippen molar-refractivity contribution in [1.29, 1.82) is 0 Å². The maximum atomic E-state index is 13.8. The van der Waals surface area contributed by atoms with E-state index in [1.54, 1.807) is 0 Å². The lowest BCUT2D eigenvalue weighted by atomic mass is 9.93. The number of hydrogen-bond donors (Lipinski definition) is 1. The summed E-state index contributed by atoms with van der Waals surface area (Å²) in [6, 6.07) is 2.34. The first-order chi connectivity index (χ1) is 10.3. The molecule has 5 nitrogen and oxygen atoms in total. The highest BCUT2D eigenvalue weighted by Crippen LogP contribution is 2.38. The molecule has 118 valence electrons. The van der Waals surface area contributed by atoms with Crippen molar-refractivity contribution >= 4 is 26.7 Å². The topological polar surface area (TPSA) is 76.2 Å². The maximum absolute atomic E-state index is 13.8. The number of fused-ring (bicyclic) bond motifs is 3. The van der Waals surface area contributed by atoms with E-state index in [9.17, 15) is 17.6 Å². The van der Waals surface area contributed by atoms with Crippen molar-refractivity contribution in [1.82, 2.24) is 4.98 Å². The second kappa shape index (κ2) is 5.08. The zero-order valence-electron chi connectivity index (χ0n) is 12.3. The molecule has 0 saturated carbocycles. The summed E-state index contributed by atoms with van der Waals surface area (Å²) in [5.41, 5.74) is 1.89. The van der Waals surface area contributed by atoms with Gasteiger partial charge < -0.3 is 9.72 Å². The molecule has 1 unspecified atom stereocenters. The van der Waals surface area contributed by atoms with Crippen LogP contribution in [0.15, 0.2) is 17.0 Å². The maximum Gasteiger partial charge on any atom is 0.303 e. The summed E-state index contributed by atoms with van der Waals surface area (Å²) in [4.78, 5) is 14.2. The Balaban J connectivity index is 2.28. The lowest BCUT2D eigenvalue weighted by molar-refractivity contribution is -0.147. The zero-order chi connectivity index (χ0) is 16.1. The molecule has 0 aliphatic heterocycles. The number of aryl methyl sites for hydroxylation is 1. The predicted octanol–water partition coefficient (Wildman–Crippen LogP) is 2.65. The van der Waals surface area contributed by atoms with Gasteiger partial charge in [0.1, 0.15) is 11.9 Å². The van der Waals surface area contributed by atoms with Gasteiger partial charge in [0.15, 0.2) is 9.84 Å². The number of esters is 1. The Morgan fingerprint density at radius 2 is 2.14 bits per heavy atom. The summed E-state index contributed by atoms with van der Waals surface area (Å²) < 4.78 is 42.9. The number of ether oxygens (including phenoxy) is 1. The lowest BCUT2D eigenvalue weighted by Gasteiger charge is -2.22. The summed E-state index contributed by atoms with van der Waals surface area (Å²) in [6.07, 6.45) is 2.76. The molecule has 0 fully saturated rings. The second-order valence-corrected chi connectivity index (χ2v) is 7.59. The normalized spacial score (nSPS) is 18.2. The summed E-state index contributed by atoms with van der Waals surface area (Å²) in [5.74, 6) is -0.990. The molecule has 1 N–H and O–H groups in total. The van der Waals surface area contributed by atoms with Crippen LogP contribution in [0.3, 0.4) is 0 Å². The number of nitrogens with one attached hydrogen (secondary N) is 1. The van der Waals surface area contributed by atoms with Gasteiger partial charge >= 0.3 is 5.97 Å². The van der Waals surface area contributed by atoms with E-state index in [-0.39, 0.29) is 4.90 Å². The van der Waals surface area contributed by atoms with Gasteiger partial charge in [-0.15, -0.1) is 0 Å². The number of carbonyl (C=O) groups excluding carboxylic acids is 1. The van der Waals surface area contributed by atoms with Gasteiger partial charge in [0.25, 0.3) is 0 Å². The molecular weight excluding hydrogens is 309 g/mol. The van der Waals surface area contributed by atoms with Crippen LogP contribution < -0.4 is 0 Å². The Labute approximate surface area is 127 Å². The molecule has 22 heavy (non-hydrogen) atoms. The quantitative estimate of drug-likeness (QED) is 0.861. The fraction of sp³-hybridized carbons (Fsp3) is 0.400. The third-order valence-electron chi connectivity index (χ3n) is 3.90. The largest absolute Gasteiger partial charge is 0.456 e. The summed E-state index contributed by atoms with van der Waals surface area (Å²) in [6.45, 7) is 1.33. The molecule has 1 atom stereocenters. The standard InChI is InChI=1S/C15H16FNO4S/c1-8(18)21-12-5-3-4-10-11-6-9(16)7-13(22(2,19)20)15(11)17-14(10)12/h6-7,12,17H,3-5H2,1-2H3. The number of H-pyrrole nitrogens is 1. The summed E-state index contributed by atoms with van der Waals surface area (Å²) in [5, 5.41) is 0.548. The molecule has 1 aliphatic rings. The molecule has 0 radical (unpaired) electrons. The molecule has 2 aromatic rings. The van der Waals surface area contributed by atoms with E-state index < -0.39 is 27.7 Å². The number of benzene rings is 1. The van der Waals surface area contributed by atoms with Gasteiger partial charge in [-0.05, 0) is 37.0 Å². The Kier molecular flexibility index (Phi) is 3.47. The number of hydrogen-bond acceptors (Lipinski definition) is 4. The van der Waals surface area contributed by atoms with Crippen LogP contribution in [0.2, 0.25) is 0 Å². The number of halogens is 1. The number of sulfone groups is 1. The van der Waals surface area contributed by atoms with Crippen LogP contribution in [0.5, 0.6) is 0 Å². The third kappa shape index (κ3) is 2.49. The third-order valence-corrected chi connectivity index (χ3v) is 5.02. The van der Waals surface area contributed by atoms with Crippen LogP contribution in [-0.4, -0.2) is 25.6 Å². The first kappa shape index (κ1) is 15.0. The minimum atomic E-state index is -3.57. The molecule has 0 bridgehead atoms. The highest BCUT2D eigenvalue weighted by molar-refractivity contribution is 7.91. The van der Waals surface area contributed by atoms with Crippen molar-refractivity contribution in [3.63, 3.8) is 0 Å².